The minimum absolute atomic E-state index is 0.789. The second-order valence-electron chi connectivity index (χ2n) is 8.30. The summed E-state index contributed by atoms with van der Waals surface area (Å²) in [6.07, 6.45) is 3.70. The van der Waals surface area contributed by atoms with Gasteiger partial charge in [0.2, 0.25) is 0 Å². The van der Waals surface area contributed by atoms with Crippen LogP contribution >= 0.6 is 0 Å². The molecule has 28 heavy (non-hydrogen) atoms. The fourth-order valence-corrected chi connectivity index (χ4v) is 4.35. The topological polar surface area (TPSA) is 6.48 Å². The lowest BCUT2D eigenvalue weighted by Gasteiger charge is -2.28. The highest BCUT2D eigenvalue weighted by Crippen LogP contribution is 2.32. The van der Waals surface area contributed by atoms with Crippen molar-refractivity contribution in [3.8, 4) is 11.1 Å². The number of anilines is 2. The van der Waals surface area contributed by atoms with E-state index in [9.17, 15) is 0 Å². The van der Waals surface area contributed by atoms with E-state index in [4.69, 9.17) is 0 Å². The highest BCUT2D eigenvalue weighted by molar-refractivity contribution is 5.70. The van der Waals surface area contributed by atoms with Crippen LogP contribution in [0.5, 0.6) is 0 Å². The highest BCUT2D eigenvalue weighted by atomic mass is 15.1. The zero-order valence-electron chi connectivity index (χ0n) is 17.2. The van der Waals surface area contributed by atoms with Gasteiger partial charge in [0.05, 0.1) is 0 Å². The lowest BCUT2D eigenvalue weighted by atomic mass is 9.83. The van der Waals surface area contributed by atoms with E-state index in [0.29, 0.717) is 0 Å². The maximum atomic E-state index is 2.40. The predicted molar refractivity (Wildman–Crippen MR) is 120 cm³/mol. The Bertz CT molecular complexity index is 913. The molecule has 0 spiro atoms. The summed E-state index contributed by atoms with van der Waals surface area (Å²) < 4.78 is 0. The van der Waals surface area contributed by atoms with E-state index < -0.39 is 0 Å². The van der Waals surface area contributed by atoms with Crippen molar-refractivity contribution in [1.82, 2.24) is 4.90 Å². The van der Waals surface area contributed by atoms with E-state index in [-0.39, 0.29) is 0 Å². The molecule has 1 aliphatic carbocycles. The third-order valence-corrected chi connectivity index (χ3v) is 5.89. The Hall–Kier alpha value is -2.58. The first kappa shape index (κ1) is 18.8. The molecule has 3 aromatic rings. The van der Waals surface area contributed by atoms with E-state index in [0.717, 1.165) is 5.92 Å². The van der Waals surface area contributed by atoms with Crippen molar-refractivity contribution < 1.29 is 0 Å². The number of hydrogen-bond donors (Lipinski definition) is 0. The first-order chi connectivity index (χ1) is 13.6. The molecule has 0 aliphatic heterocycles. The van der Waals surface area contributed by atoms with Crippen LogP contribution in [-0.4, -0.2) is 32.6 Å². The summed E-state index contributed by atoms with van der Waals surface area (Å²) in [6.45, 7) is 1.19. The van der Waals surface area contributed by atoms with Crippen LogP contribution in [0.1, 0.15) is 17.5 Å². The molecule has 0 fully saturated rings. The fraction of sp³-hybridized carbons (Fsp3) is 0.308. The minimum Gasteiger partial charge on any atom is -0.345 e. The second-order valence-corrected chi connectivity index (χ2v) is 8.30. The highest BCUT2D eigenvalue weighted by Gasteiger charge is 2.20. The van der Waals surface area contributed by atoms with Crippen molar-refractivity contribution in [2.45, 2.75) is 19.3 Å². The molecule has 1 aliphatic rings. The average molecular weight is 371 g/mol. The van der Waals surface area contributed by atoms with E-state index >= 15 is 0 Å². The number of benzene rings is 3. The Balaban J connectivity index is 1.50. The van der Waals surface area contributed by atoms with Crippen LogP contribution in [0.4, 0.5) is 11.4 Å². The maximum absolute atomic E-state index is 2.40. The molecule has 3 aromatic carbocycles. The Morgan fingerprint density at radius 1 is 0.750 bits per heavy atom. The van der Waals surface area contributed by atoms with Gasteiger partial charge in [-0.15, -0.1) is 0 Å². The van der Waals surface area contributed by atoms with Gasteiger partial charge >= 0.3 is 0 Å². The van der Waals surface area contributed by atoms with Gasteiger partial charge < -0.3 is 9.80 Å². The summed E-state index contributed by atoms with van der Waals surface area (Å²) in [6, 6.07) is 26.4. The molecule has 0 amide bonds. The summed E-state index contributed by atoms with van der Waals surface area (Å²) in [5.74, 6) is 0.789. The average Bonchev–Trinajstić information content (AvgIpc) is 2.73. The molecule has 4 rings (SSSR count). The summed E-state index contributed by atoms with van der Waals surface area (Å²) in [7, 11) is 6.52. The van der Waals surface area contributed by atoms with Crippen molar-refractivity contribution in [3.63, 3.8) is 0 Å². The van der Waals surface area contributed by atoms with Crippen molar-refractivity contribution >= 4 is 11.4 Å². The van der Waals surface area contributed by atoms with Crippen molar-refractivity contribution in [3.05, 3.63) is 83.9 Å². The lowest BCUT2D eigenvalue weighted by molar-refractivity contribution is 0.303. The molecule has 0 heterocycles. The molecular weight excluding hydrogens is 340 g/mol. The molecule has 0 aromatic heterocycles. The van der Waals surface area contributed by atoms with E-state index in [1.165, 1.54) is 59.4 Å². The van der Waals surface area contributed by atoms with Crippen LogP contribution in [0.15, 0.2) is 72.8 Å². The lowest BCUT2D eigenvalue weighted by Crippen LogP contribution is -2.26. The third kappa shape index (κ3) is 4.13. The SMILES string of the molecule is CN(C)CC1CCc2cc(N(C)c3ccc(-c4ccccc4)cc3)ccc2C1. The van der Waals surface area contributed by atoms with E-state index in [1.54, 1.807) is 0 Å². The Morgan fingerprint density at radius 3 is 2.14 bits per heavy atom. The molecule has 0 radical (unpaired) electrons. The second kappa shape index (κ2) is 8.20. The first-order valence-electron chi connectivity index (χ1n) is 10.3. The Labute approximate surface area is 169 Å². The number of fused-ring (bicyclic) bond motifs is 1. The molecule has 144 valence electrons. The Kier molecular flexibility index (Phi) is 5.50. The largest absolute Gasteiger partial charge is 0.345 e. The molecule has 0 saturated heterocycles. The van der Waals surface area contributed by atoms with Crippen molar-refractivity contribution in [2.75, 3.05) is 32.6 Å². The molecular formula is C26H30N2. The summed E-state index contributed by atoms with van der Waals surface area (Å²) in [5, 5.41) is 0. The van der Waals surface area contributed by atoms with Gasteiger partial charge in [0.15, 0.2) is 0 Å². The molecule has 2 heteroatoms. The Morgan fingerprint density at radius 2 is 1.43 bits per heavy atom. The minimum atomic E-state index is 0.789. The van der Waals surface area contributed by atoms with Crippen LogP contribution in [0.2, 0.25) is 0 Å². The molecule has 1 atom stereocenters. The van der Waals surface area contributed by atoms with Crippen LogP contribution in [0, 0.1) is 5.92 Å². The first-order valence-corrected chi connectivity index (χ1v) is 10.3. The monoisotopic (exact) mass is 370 g/mol. The number of aryl methyl sites for hydroxylation is 1. The summed E-state index contributed by atoms with van der Waals surface area (Å²) in [4.78, 5) is 4.61. The normalized spacial score (nSPS) is 16.1. The van der Waals surface area contributed by atoms with Crippen LogP contribution < -0.4 is 4.90 Å². The van der Waals surface area contributed by atoms with Crippen LogP contribution in [0.25, 0.3) is 11.1 Å². The van der Waals surface area contributed by atoms with Gasteiger partial charge in [0.25, 0.3) is 0 Å². The summed E-state index contributed by atoms with van der Waals surface area (Å²) in [5.41, 5.74) is 8.08. The van der Waals surface area contributed by atoms with Gasteiger partial charge in [0, 0.05) is 25.0 Å². The van der Waals surface area contributed by atoms with Gasteiger partial charge in [-0.3, -0.25) is 0 Å². The number of hydrogen-bond acceptors (Lipinski definition) is 2. The van der Waals surface area contributed by atoms with Gasteiger partial charge in [-0.2, -0.15) is 0 Å². The smallest absolute Gasteiger partial charge is 0.0411 e. The van der Waals surface area contributed by atoms with Crippen LogP contribution in [0.3, 0.4) is 0 Å². The van der Waals surface area contributed by atoms with Gasteiger partial charge in [-0.1, -0.05) is 48.5 Å². The van der Waals surface area contributed by atoms with Gasteiger partial charge in [-0.25, -0.2) is 0 Å². The molecule has 0 bridgehead atoms. The molecule has 1 unspecified atom stereocenters. The number of nitrogens with zero attached hydrogens (tertiary/aromatic N) is 2. The molecule has 0 saturated carbocycles. The molecule has 0 N–H and O–H groups in total. The van der Waals surface area contributed by atoms with Crippen molar-refractivity contribution in [2.24, 2.45) is 5.92 Å². The quantitative estimate of drug-likeness (QED) is 0.561. The maximum Gasteiger partial charge on any atom is 0.0411 e. The third-order valence-electron chi connectivity index (χ3n) is 5.89. The van der Waals surface area contributed by atoms with Gasteiger partial charge in [0.1, 0.15) is 0 Å². The fourth-order valence-electron chi connectivity index (χ4n) is 4.35. The van der Waals surface area contributed by atoms with Crippen LogP contribution in [-0.2, 0) is 12.8 Å². The zero-order valence-corrected chi connectivity index (χ0v) is 17.2. The van der Waals surface area contributed by atoms with Gasteiger partial charge in [-0.05, 0) is 85.8 Å². The van der Waals surface area contributed by atoms with E-state index in [1.807, 2.05) is 0 Å². The standard InChI is InChI=1S/C26H30N2/c1-27(2)19-20-9-10-24-18-26(16-13-23(24)17-20)28(3)25-14-11-22(12-15-25)21-7-5-4-6-8-21/h4-8,11-16,18,20H,9-10,17,19H2,1-3H3. The summed E-state index contributed by atoms with van der Waals surface area (Å²) >= 11 is 0. The number of rotatable bonds is 5. The van der Waals surface area contributed by atoms with Crippen molar-refractivity contribution in [1.29, 1.82) is 0 Å². The molecule has 2 nitrogen and oxygen atoms in total. The van der Waals surface area contributed by atoms with E-state index in [2.05, 4.69) is 104 Å². The zero-order chi connectivity index (χ0) is 19.5. The predicted octanol–water partition coefficient (Wildman–Crippen LogP) is 5.79.